The highest BCUT2D eigenvalue weighted by atomic mass is 19.1. The van der Waals surface area contributed by atoms with Gasteiger partial charge < -0.3 is 19.0 Å². The summed E-state index contributed by atoms with van der Waals surface area (Å²) >= 11 is 0. The Bertz CT molecular complexity index is 928. The molecule has 0 bridgehead atoms. The average molecular weight is 371 g/mol. The number of rotatable bonds is 6. The van der Waals surface area contributed by atoms with Crippen LogP contribution in [0.3, 0.4) is 0 Å². The third-order valence-electron chi connectivity index (χ3n) is 4.86. The molecule has 0 aliphatic carbocycles. The Kier molecular flexibility index (Phi) is 5.22. The fourth-order valence-corrected chi connectivity index (χ4v) is 3.38. The molecule has 0 atom stereocenters. The lowest BCUT2D eigenvalue weighted by atomic mass is 10.2. The van der Waals surface area contributed by atoms with Crippen molar-refractivity contribution in [3.8, 4) is 0 Å². The van der Waals surface area contributed by atoms with Crippen molar-refractivity contribution in [2.45, 2.75) is 6.54 Å². The van der Waals surface area contributed by atoms with Gasteiger partial charge in [0.25, 0.3) is 5.91 Å². The summed E-state index contributed by atoms with van der Waals surface area (Å²) in [6, 6.07) is 10.1. The number of fused-ring (bicyclic) bond motifs is 1. The molecule has 4 rings (SSSR count). The summed E-state index contributed by atoms with van der Waals surface area (Å²) in [5.41, 5.74) is 2.38. The summed E-state index contributed by atoms with van der Waals surface area (Å²) in [5, 5.41) is 2.96. The maximum Gasteiger partial charge on any atom is 0.268 e. The van der Waals surface area contributed by atoms with Crippen molar-refractivity contribution in [1.29, 1.82) is 0 Å². The molecule has 142 valence electrons. The number of benzene rings is 1. The van der Waals surface area contributed by atoms with E-state index in [1.54, 1.807) is 41.2 Å². The van der Waals surface area contributed by atoms with Crippen molar-refractivity contribution >= 4 is 17.0 Å². The first-order valence-electron chi connectivity index (χ1n) is 9.11. The van der Waals surface area contributed by atoms with Crippen LogP contribution in [0.5, 0.6) is 0 Å². The molecule has 0 saturated carbocycles. The van der Waals surface area contributed by atoms with E-state index in [0.29, 0.717) is 23.4 Å². The van der Waals surface area contributed by atoms with Gasteiger partial charge in [0, 0.05) is 43.9 Å². The Balaban J connectivity index is 1.49. The number of ether oxygens (including phenoxy) is 1. The number of amides is 1. The Morgan fingerprint density at radius 3 is 2.81 bits per heavy atom. The minimum Gasteiger partial charge on any atom is -0.463 e. The van der Waals surface area contributed by atoms with E-state index >= 15 is 0 Å². The fourth-order valence-electron chi connectivity index (χ4n) is 3.38. The van der Waals surface area contributed by atoms with Crippen LogP contribution in [-0.2, 0) is 11.3 Å². The second-order valence-corrected chi connectivity index (χ2v) is 6.59. The minimum atomic E-state index is -0.290. The summed E-state index contributed by atoms with van der Waals surface area (Å²) < 4.78 is 26.7. The first-order chi connectivity index (χ1) is 13.2. The van der Waals surface area contributed by atoms with E-state index in [1.807, 2.05) is 0 Å². The van der Waals surface area contributed by atoms with E-state index in [-0.39, 0.29) is 18.3 Å². The second kappa shape index (κ2) is 7.94. The molecule has 1 aromatic carbocycles. The SMILES string of the molecule is O=C(NCCN1CCOCC1)c1cc2occc2n1Cc1ccccc1F. The zero-order chi connectivity index (χ0) is 18.6. The van der Waals surface area contributed by atoms with Crippen molar-refractivity contribution < 1.29 is 18.3 Å². The Morgan fingerprint density at radius 1 is 1.19 bits per heavy atom. The molecule has 27 heavy (non-hydrogen) atoms. The molecule has 1 saturated heterocycles. The van der Waals surface area contributed by atoms with Crippen LogP contribution < -0.4 is 5.32 Å². The van der Waals surface area contributed by atoms with Gasteiger partial charge in [-0.1, -0.05) is 18.2 Å². The molecular weight excluding hydrogens is 349 g/mol. The number of hydrogen-bond acceptors (Lipinski definition) is 4. The molecule has 7 heteroatoms. The Labute approximate surface area is 156 Å². The molecule has 3 heterocycles. The van der Waals surface area contributed by atoms with Crippen molar-refractivity contribution in [2.75, 3.05) is 39.4 Å². The fraction of sp³-hybridized carbons (Fsp3) is 0.350. The van der Waals surface area contributed by atoms with Crippen LogP contribution in [0.4, 0.5) is 4.39 Å². The van der Waals surface area contributed by atoms with Crippen molar-refractivity contribution in [3.63, 3.8) is 0 Å². The van der Waals surface area contributed by atoms with E-state index in [2.05, 4.69) is 10.2 Å². The Morgan fingerprint density at radius 2 is 2.00 bits per heavy atom. The molecule has 2 aromatic heterocycles. The normalized spacial score (nSPS) is 15.3. The molecule has 1 fully saturated rings. The molecule has 0 radical (unpaired) electrons. The summed E-state index contributed by atoms with van der Waals surface area (Å²) in [6.45, 7) is 4.82. The van der Waals surface area contributed by atoms with Crippen LogP contribution in [-0.4, -0.2) is 54.8 Å². The molecule has 0 spiro atoms. The Hall–Kier alpha value is -2.64. The number of nitrogens with one attached hydrogen (secondary N) is 1. The highest BCUT2D eigenvalue weighted by Gasteiger charge is 2.19. The van der Waals surface area contributed by atoms with E-state index < -0.39 is 0 Å². The minimum absolute atomic E-state index is 0.189. The smallest absolute Gasteiger partial charge is 0.268 e. The number of halogens is 1. The maximum absolute atomic E-state index is 14.1. The summed E-state index contributed by atoms with van der Waals surface area (Å²) in [4.78, 5) is 15.0. The third-order valence-corrected chi connectivity index (χ3v) is 4.86. The summed E-state index contributed by atoms with van der Waals surface area (Å²) in [6.07, 6.45) is 1.57. The predicted octanol–water partition coefficient (Wildman–Crippen LogP) is 2.48. The monoisotopic (exact) mass is 371 g/mol. The van der Waals surface area contributed by atoms with Gasteiger partial charge in [-0.2, -0.15) is 0 Å². The first kappa shape index (κ1) is 17.8. The highest BCUT2D eigenvalue weighted by molar-refractivity contribution is 5.97. The molecule has 1 N–H and O–H groups in total. The first-order valence-corrected chi connectivity index (χ1v) is 9.11. The number of carbonyl (C=O) groups is 1. The largest absolute Gasteiger partial charge is 0.463 e. The molecule has 1 amide bonds. The van der Waals surface area contributed by atoms with Gasteiger partial charge in [0.05, 0.1) is 31.5 Å². The van der Waals surface area contributed by atoms with E-state index in [0.717, 1.165) is 38.4 Å². The van der Waals surface area contributed by atoms with E-state index in [9.17, 15) is 9.18 Å². The molecule has 3 aromatic rings. The lowest BCUT2D eigenvalue weighted by Gasteiger charge is -2.26. The summed E-state index contributed by atoms with van der Waals surface area (Å²) in [5.74, 6) is -0.479. The van der Waals surface area contributed by atoms with Gasteiger partial charge in [0.2, 0.25) is 0 Å². The molecule has 6 nitrogen and oxygen atoms in total. The van der Waals surface area contributed by atoms with Crippen molar-refractivity contribution in [1.82, 2.24) is 14.8 Å². The molecule has 1 aliphatic heterocycles. The highest BCUT2D eigenvalue weighted by Crippen LogP contribution is 2.23. The van der Waals surface area contributed by atoms with Crippen LogP contribution in [0, 0.1) is 5.82 Å². The summed E-state index contributed by atoms with van der Waals surface area (Å²) in [7, 11) is 0. The van der Waals surface area contributed by atoms with Gasteiger partial charge in [0.1, 0.15) is 11.5 Å². The molecular formula is C20H22FN3O3. The van der Waals surface area contributed by atoms with Crippen molar-refractivity contribution in [3.05, 3.63) is 59.7 Å². The average Bonchev–Trinajstić information content (AvgIpc) is 3.27. The molecule has 0 unspecified atom stereocenters. The number of hydrogen-bond donors (Lipinski definition) is 1. The van der Waals surface area contributed by atoms with Gasteiger partial charge in [-0.3, -0.25) is 9.69 Å². The van der Waals surface area contributed by atoms with Gasteiger partial charge >= 0.3 is 0 Å². The van der Waals surface area contributed by atoms with Gasteiger partial charge in [0.15, 0.2) is 5.58 Å². The van der Waals surface area contributed by atoms with Crippen LogP contribution >= 0.6 is 0 Å². The number of morpholine rings is 1. The maximum atomic E-state index is 14.1. The predicted molar refractivity (Wildman–Crippen MR) is 99.3 cm³/mol. The number of aromatic nitrogens is 1. The van der Waals surface area contributed by atoms with Crippen molar-refractivity contribution in [2.24, 2.45) is 0 Å². The second-order valence-electron chi connectivity index (χ2n) is 6.59. The van der Waals surface area contributed by atoms with Crippen LogP contribution in [0.2, 0.25) is 0 Å². The quantitative estimate of drug-likeness (QED) is 0.723. The number of carbonyl (C=O) groups excluding carboxylic acids is 1. The topological polar surface area (TPSA) is 59.6 Å². The number of nitrogens with zero attached hydrogens (tertiary/aromatic N) is 2. The molecule has 1 aliphatic rings. The van der Waals surface area contributed by atoms with E-state index in [4.69, 9.17) is 9.15 Å². The lowest BCUT2D eigenvalue weighted by Crippen LogP contribution is -2.41. The third kappa shape index (κ3) is 3.89. The number of furan rings is 1. The van der Waals surface area contributed by atoms with Crippen LogP contribution in [0.1, 0.15) is 16.1 Å². The van der Waals surface area contributed by atoms with Crippen LogP contribution in [0.25, 0.3) is 11.1 Å². The zero-order valence-corrected chi connectivity index (χ0v) is 15.0. The standard InChI is InChI=1S/C20H22FN3O3/c21-16-4-2-1-3-15(16)14-24-17-5-10-27-19(17)13-18(24)20(25)22-6-7-23-8-11-26-12-9-23/h1-5,10,13H,6-9,11-12,14H2,(H,22,25). The zero-order valence-electron chi connectivity index (χ0n) is 15.0. The van der Waals surface area contributed by atoms with Crippen LogP contribution in [0.15, 0.2) is 47.1 Å². The lowest BCUT2D eigenvalue weighted by molar-refractivity contribution is 0.0383. The van der Waals surface area contributed by atoms with Gasteiger partial charge in [-0.05, 0) is 6.07 Å². The van der Waals surface area contributed by atoms with Gasteiger partial charge in [-0.15, -0.1) is 0 Å². The van der Waals surface area contributed by atoms with Gasteiger partial charge in [-0.25, -0.2) is 4.39 Å². The van der Waals surface area contributed by atoms with E-state index in [1.165, 1.54) is 6.07 Å².